The van der Waals surface area contributed by atoms with Gasteiger partial charge in [-0.3, -0.25) is 9.59 Å². The summed E-state index contributed by atoms with van der Waals surface area (Å²) in [6, 6.07) is 7.96. The van der Waals surface area contributed by atoms with Crippen molar-refractivity contribution in [3.63, 3.8) is 0 Å². The third-order valence-corrected chi connectivity index (χ3v) is 3.93. The normalized spacial score (nSPS) is 11.1. The van der Waals surface area contributed by atoms with Gasteiger partial charge in [-0.15, -0.1) is 11.8 Å². The van der Waals surface area contributed by atoms with Crippen molar-refractivity contribution < 1.29 is 9.59 Å². The maximum absolute atomic E-state index is 12.1. The Bertz CT molecular complexity index is 509. The number of nitrogens with one attached hydrogen (secondary N) is 1. The molecule has 1 aromatic rings. The zero-order chi connectivity index (χ0) is 16.0. The summed E-state index contributed by atoms with van der Waals surface area (Å²) in [4.78, 5) is 26.4. The zero-order valence-electron chi connectivity index (χ0n) is 13.4. The molecule has 116 valence electrons. The Morgan fingerprint density at radius 2 is 1.86 bits per heavy atom. The number of nitrogens with zero attached hydrogens (tertiary/aromatic N) is 1. The van der Waals surface area contributed by atoms with Gasteiger partial charge in [-0.25, -0.2) is 0 Å². The Morgan fingerprint density at radius 3 is 2.43 bits per heavy atom. The summed E-state index contributed by atoms with van der Waals surface area (Å²) in [6.07, 6.45) is 0. The van der Waals surface area contributed by atoms with E-state index >= 15 is 0 Å². The summed E-state index contributed by atoms with van der Waals surface area (Å²) >= 11 is 1.50. The Kier molecular flexibility index (Phi) is 6.27. The van der Waals surface area contributed by atoms with E-state index in [-0.39, 0.29) is 23.9 Å². The van der Waals surface area contributed by atoms with Crippen LogP contribution in [0.15, 0.2) is 29.2 Å². The van der Waals surface area contributed by atoms with Crippen molar-refractivity contribution in [1.29, 1.82) is 0 Å². The molecule has 0 aliphatic rings. The van der Waals surface area contributed by atoms with Crippen molar-refractivity contribution in [1.82, 2.24) is 10.2 Å². The molecule has 0 aliphatic carbocycles. The monoisotopic (exact) mass is 308 g/mol. The lowest BCUT2D eigenvalue weighted by atomic mass is 10.1. The average molecular weight is 308 g/mol. The van der Waals surface area contributed by atoms with E-state index in [1.165, 1.54) is 16.7 Å². The minimum Gasteiger partial charge on any atom is -0.350 e. The summed E-state index contributed by atoms with van der Waals surface area (Å²) in [5.74, 6) is 0.149. The molecule has 0 fully saturated rings. The summed E-state index contributed by atoms with van der Waals surface area (Å²) in [5, 5.41) is 2.85. The van der Waals surface area contributed by atoms with Crippen LogP contribution in [0.2, 0.25) is 0 Å². The van der Waals surface area contributed by atoms with Gasteiger partial charge in [0.15, 0.2) is 0 Å². The molecule has 0 saturated carbocycles. The summed E-state index contributed by atoms with van der Waals surface area (Å²) in [6.45, 7) is 7.86. The Balaban J connectivity index is 2.45. The van der Waals surface area contributed by atoms with Crippen LogP contribution in [-0.4, -0.2) is 41.6 Å². The Labute approximate surface area is 131 Å². The zero-order valence-corrected chi connectivity index (χ0v) is 14.2. The first-order valence-corrected chi connectivity index (χ1v) is 7.91. The van der Waals surface area contributed by atoms with Crippen LogP contribution in [0.1, 0.15) is 26.3 Å². The number of benzene rings is 1. The summed E-state index contributed by atoms with van der Waals surface area (Å²) < 4.78 is 0. The molecule has 0 unspecified atom stereocenters. The highest BCUT2D eigenvalue weighted by atomic mass is 32.2. The molecule has 0 atom stereocenters. The fourth-order valence-corrected chi connectivity index (χ4v) is 2.70. The van der Waals surface area contributed by atoms with E-state index in [0.29, 0.717) is 5.75 Å². The largest absolute Gasteiger partial charge is 0.350 e. The topological polar surface area (TPSA) is 49.4 Å². The number of likely N-dealkylation sites (N-methyl/N-ethyl adjacent to an activating group) is 1. The highest BCUT2D eigenvalue weighted by molar-refractivity contribution is 8.00. The number of hydrogen-bond donors (Lipinski definition) is 1. The van der Waals surface area contributed by atoms with Gasteiger partial charge in [0.05, 0.1) is 12.3 Å². The quantitative estimate of drug-likeness (QED) is 0.850. The number of amides is 2. The highest BCUT2D eigenvalue weighted by Crippen LogP contribution is 2.21. The van der Waals surface area contributed by atoms with E-state index in [9.17, 15) is 9.59 Å². The molecule has 1 rings (SSSR count). The molecule has 4 nitrogen and oxygen atoms in total. The molecule has 5 heteroatoms. The van der Waals surface area contributed by atoms with E-state index in [1.54, 1.807) is 7.05 Å². The van der Waals surface area contributed by atoms with Gasteiger partial charge >= 0.3 is 0 Å². The van der Waals surface area contributed by atoms with Crippen LogP contribution >= 0.6 is 11.8 Å². The predicted molar refractivity (Wildman–Crippen MR) is 87.4 cm³/mol. The number of hydrogen-bond acceptors (Lipinski definition) is 3. The van der Waals surface area contributed by atoms with Gasteiger partial charge in [-0.05, 0) is 39.3 Å². The van der Waals surface area contributed by atoms with Gasteiger partial charge in [0.25, 0.3) is 0 Å². The van der Waals surface area contributed by atoms with Crippen molar-refractivity contribution in [3.05, 3.63) is 29.8 Å². The van der Waals surface area contributed by atoms with Crippen LogP contribution < -0.4 is 5.32 Å². The number of carbonyl (C=O) groups is 2. The lowest BCUT2D eigenvalue weighted by molar-refractivity contribution is -0.133. The van der Waals surface area contributed by atoms with E-state index in [2.05, 4.69) is 5.32 Å². The van der Waals surface area contributed by atoms with Gasteiger partial charge < -0.3 is 10.2 Å². The number of thioether (sulfide) groups is 1. The fourth-order valence-electron chi connectivity index (χ4n) is 1.73. The van der Waals surface area contributed by atoms with Crippen molar-refractivity contribution in [2.75, 3.05) is 19.3 Å². The first-order chi connectivity index (χ1) is 9.69. The third kappa shape index (κ3) is 6.67. The smallest absolute Gasteiger partial charge is 0.240 e. The maximum Gasteiger partial charge on any atom is 0.240 e. The molecule has 0 bridgehead atoms. The first kappa shape index (κ1) is 17.6. The average Bonchev–Trinajstić information content (AvgIpc) is 2.34. The second-order valence-corrected chi connectivity index (χ2v) is 7.12. The van der Waals surface area contributed by atoms with Gasteiger partial charge in [0.2, 0.25) is 11.8 Å². The first-order valence-electron chi connectivity index (χ1n) is 6.92. The van der Waals surface area contributed by atoms with Crippen molar-refractivity contribution >= 4 is 23.6 Å². The second kappa shape index (κ2) is 7.50. The molecule has 0 radical (unpaired) electrons. The van der Waals surface area contributed by atoms with Crippen LogP contribution in [0.5, 0.6) is 0 Å². The maximum atomic E-state index is 12.1. The van der Waals surface area contributed by atoms with Crippen molar-refractivity contribution in [2.45, 2.75) is 38.1 Å². The molecular weight excluding hydrogens is 284 g/mol. The standard InChI is InChI=1S/C16H24N2O2S/c1-12-8-6-7-9-13(12)21-11-15(20)18(5)10-14(19)17-16(2,3)4/h6-9H,10-11H2,1-5H3,(H,17,19). The fraction of sp³-hybridized carbons (Fsp3) is 0.500. The number of carbonyl (C=O) groups excluding carboxylic acids is 2. The molecule has 1 N–H and O–H groups in total. The Hall–Kier alpha value is -1.49. The van der Waals surface area contributed by atoms with E-state index in [0.717, 1.165) is 10.5 Å². The van der Waals surface area contributed by atoms with Crippen LogP contribution in [0, 0.1) is 6.92 Å². The van der Waals surface area contributed by atoms with Crippen molar-refractivity contribution in [2.24, 2.45) is 0 Å². The van der Waals surface area contributed by atoms with Gasteiger partial charge in [-0.2, -0.15) is 0 Å². The molecule has 0 aliphatic heterocycles. The highest BCUT2D eigenvalue weighted by Gasteiger charge is 2.17. The molecule has 0 aromatic heterocycles. The minimum absolute atomic E-state index is 0.0488. The molecule has 0 heterocycles. The lowest BCUT2D eigenvalue weighted by Gasteiger charge is -2.23. The molecule has 2 amide bonds. The van der Waals surface area contributed by atoms with E-state index in [1.807, 2.05) is 52.0 Å². The number of rotatable bonds is 5. The SMILES string of the molecule is Cc1ccccc1SCC(=O)N(C)CC(=O)NC(C)(C)C. The van der Waals surface area contributed by atoms with Crippen molar-refractivity contribution in [3.8, 4) is 0 Å². The Morgan fingerprint density at radius 1 is 1.24 bits per heavy atom. The molecule has 0 saturated heterocycles. The summed E-state index contributed by atoms with van der Waals surface area (Å²) in [5.41, 5.74) is 0.875. The van der Waals surface area contributed by atoms with E-state index < -0.39 is 0 Å². The van der Waals surface area contributed by atoms with Gasteiger partial charge in [0.1, 0.15) is 0 Å². The van der Waals surface area contributed by atoms with Crippen LogP contribution in [-0.2, 0) is 9.59 Å². The van der Waals surface area contributed by atoms with E-state index in [4.69, 9.17) is 0 Å². The van der Waals surface area contributed by atoms with Crippen LogP contribution in [0.4, 0.5) is 0 Å². The van der Waals surface area contributed by atoms with Crippen LogP contribution in [0.25, 0.3) is 0 Å². The molecule has 21 heavy (non-hydrogen) atoms. The minimum atomic E-state index is -0.281. The predicted octanol–water partition coefficient (Wildman–Crippen LogP) is 2.46. The summed E-state index contributed by atoms with van der Waals surface area (Å²) in [7, 11) is 1.66. The second-order valence-electron chi connectivity index (χ2n) is 6.10. The molecule has 1 aromatic carbocycles. The van der Waals surface area contributed by atoms with Gasteiger partial charge in [-0.1, -0.05) is 18.2 Å². The lowest BCUT2D eigenvalue weighted by Crippen LogP contribution is -2.46. The van der Waals surface area contributed by atoms with Gasteiger partial charge in [0, 0.05) is 17.5 Å². The third-order valence-electron chi connectivity index (χ3n) is 2.77. The van der Waals surface area contributed by atoms with Crippen LogP contribution in [0.3, 0.4) is 0 Å². The molecule has 0 spiro atoms. The number of aryl methyl sites for hydroxylation is 1. The molecular formula is C16H24N2O2S.